The summed E-state index contributed by atoms with van der Waals surface area (Å²) < 4.78 is 26.7. The Morgan fingerprint density at radius 2 is 1.97 bits per heavy atom. The summed E-state index contributed by atoms with van der Waals surface area (Å²) in [6.45, 7) is 4.37. The predicted octanol–water partition coefficient (Wildman–Crippen LogP) is 5.17. The topological polar surface area (TPSA) is 92.1 Å². The fourth-order valence-electron chi connectivity index (χ4n) is 6.04. The molecular formula is C31H33FN2O5. The van der Waals surface area contributed by atoms with E-state index >= 15 is 0 Å². The van der Waals surface area contributed by atoms with E-state index in [9.17, 15) is 19.4 Å². The number of hydrogen-bond acceptors (Lipinski definition) is 6. The summed E-state index contributed by atoms with van der Waals surface area (Å²) in [5.41, 5.74) is 4.89. The van der Waals surface area contributed by atoms with Crippen molar-refractivity contribution in [3.05, 3.63) is 76.7 Å². The zero-order chi connectivity index (χ0) is 27.3. The van der Waals surface area contributed by atoms with E-state index in [0.29, 0.717) is 22.8 Å². The SMILES string of the molecule is COc1cc(-c2ccc([C@@H]3CCc4ccc([C@H](O)[C@H](C)C(=O)O)cc4O3)cc2CN2CC3CC3C2)c(F)cn1. The van der Waals surface area contributed by atoms with Crippen molar-refractivity contribution in [2.24, 2.45) is 17.8 Å². The van der Waals surface area contributed by atoms with E-state index in [-0.39, 0.29) is 6.10 Å². The van der Waals surface area contributed by atoms with Crippen molar-refractivity contribution in [3.63, 3.8) is 0 Å². The van der Waals surface area contributed by atoms with Crippen LogP contribution in [0.5, 0.6) is 11.6 Å². The number of halogens is 1. The maximum Gasteiger partial charge on any atom is 0.309 e. The molecule has 0 spiro atoms. The highest BCUT2D eigenvalue weighted by atomic mass is 19.1. The molecule has 2 aliphatic heterocycles. The van der Waals surface area contributed by atoms with Crippen LogP contribution in [-0.2, 0) is 17.8 Å². The van der Waals surface area contributed by atoms with Crippen LogP contribution in [0.15, 0.2) is 48.7 Å². The third-order valence-corrected chi connectivity index (χ3v) is 8.52. The molecule has 204 valence electrons. The van der Waals surface area contributed by atoms with Crippen LogP contribution >= 0.6 is 0 Å². The number of likely N-dealkylation sites (tertiary alicyclic amines) is 1. The average Bonchev–Trinajstić information content (AvgIpc) is 3.56. The van der Waals surface area contributed by atoms with Gasteiger partial charge in [-0.1, -0.05) is 30.3 Å². The number of carboxylic acid groups (broad SMARTS) is 1. The summed E-state index contributed by atoms with van der Waals surface area (Å²) in [7, 11) is 1.52. The number of methoxy groups -OCH3 is 1. The molecule has 1 saturated heterocycles. The number of fused-ring (bicyclic) bond motifs is 2. The van der Waals surface area contributed by atoms with Gasteiger partial charge in [-0.2, -0.15) is 0 Å². The molecule has 1 saturated carbocycles. The minimum absolute atomic E-state index is 0.210. The Labute approximate surface area is 227 Å². The van der Waals surface area contributed by atoms with Gasteiger partial charge in [0, 0.05) is 31.3 Å². The molecule has 3 aromatic rings. The van der Waals surface area contributed by atoms with Gasteiger partial charge in [0.1, 0.15) is 17.7 Å². The Bertz CT molecular complexity index is 1400. The molecule has 3 aliphatic rings. The van der Waals surface area contributed by atoms with Crippen molar-refractivity contribution in [1.82, 2.24) is 9.88 Å². The zero-order valence-electron chi connectivity index (χ0n) is 22.1. The van der Waals surface area contributed by atoms with E-state index in [4.69, 9.17) is 9.47 Å². The lowest BCUT2D eigenvalue weighted by Crippen LogP contribution is -2.23. The van der Waals surface area contributed by atoms with Crippen LogP contribution in [0, 0.1) is 23.6 Å². The second-order valence-corrected chi connectivity index (χ2v) is 11.2. The molecule has 0 bridgehead atoms. The summed E-state index contributed by atoms with van der Waals surface area (Å²) in [5.74, 6) is 0.244. The molecule has 1 aliphatic carbocycles. The first kappa shape index (κ1) is 25.8. The van der Waals surface area contributed by atoms with Gasteiger partial charge in [0.2, 0.25) is 5.88 Å². The first-order valence-corrected chi connectivity index (χ1v) is 13.6. The molecule has 3 heterocycles. The Kier molecular flexibility index (Phi) is 6.77. The molecule has 5 atom stereocenters. The van der Waals surface area contributed by atoms with E-state index in [1.54, 1.807) is 18.2 Å². The van der Waals surface area contributed by atoms with Crippen molar-refractivity contribution in [2.45, 2.75) is 44.9 Å². The second-order valence-electron chi connectivity index (χ2n) is 11.2. The molecule has 0 radical (unpaired) electrons. The van der Waals surface area contributed by atoms with Crippen molar-refractivity contribution in [1.29, 1.82) is 0 Å². The van der Waals surface area contributed by atoms with Gasteiger partial charge in [-0.25, -0.2) is 9.37 Å². The molecule has 2 unspecified atom stereocenters. The number of hydrogen-bond donors (Lipinski definition) is 2. The summed E-state index contributed by atoms with van der Waals surface area (Å²) in [6, 6.07) is 13.2. The molecule has 1 aromatic heterocycles. The molecule has 39 heavy (non-hydrogen) atoms. The monoisotopic (exact) mass is 532 g/mol. The highest BCUT2D eigenvalue weighted by Gasteiger charge is 2.44. The summed E-state index contributed by atoms with van der Waals surface area (Å²) >= 11 is 0. The number of benzene rings is 2. The van der Waals surface area contributed by atoms with E-state index in [2.05, 4.69) is 16.0 Å². The smallest absolute Gasteiger partial charge is 0.309 e. The number of nitrogens with zero attached hydrogens (tertiary/aromatic N) is 2. The minimum Gasteiger partial charge on any atom is -0.485 e. The molecule has 0 amide bonds. The van der Waals surface area contributed by atoms with Gasteiger partial charge in [-0.15, -0.1) is 0 Å². The van der Waals surface area contributed by atoms with Crippen LogP contribution in [0.3, 0.4) is 0 Å². The zero-order valence-corrected chi connectivity index (χ0v) is 22.1. The predicted molar refractivity (Wildman–Crippen MR) is 143 cm³/mol. The van der Waals surface area contributed by atoms with Crippen LogP contribution in [0.1, 0.15) is 54.2 Å². The van der Waals surface area contributed by atoms with Crippen LogP contribution in [-0.4, -0.2) is 46.3 Å². The quantitative estimate of drug-likeness (QED) is 0.414. The molecule has 8 heteroatoms. The summed E-state index contributed by atoms with van der Waals surface area (Å²) in [4.78, 5) is 17.8. The van der Waals surface area contributed by atoms with Crippen molar-refractivity contribution >= 4 is 5.97 Å². The number of piperidine rings is 1. The maximum atomic E-state index is 15.0. The Morgan fingerprint density at radius 3 is 2.72 bits per heavy atom. The normalized spacial score (nSPS) is 23.3. The van der Waals surface area contributed by atoms with E-state index in [1.807, 2.05) is 18.2 Å². The van der Waals surface area contributed by atoms with Gasteiger partial charge >= 0.3 is 5.97 Å². The number of aliphatic hydroxyl groups excluding tert-OH is 1. The van der Waals surface area contributed by atoms with Crippen LogP contribution in [0.4, 0.5) is 4.39 Å². The van der Waals surface area contributed by atoms with Crippen LogP contribution in [0.2, 0.25) is 0 Å². The third-order valence-electron chi connectivity index (χ3n) is 8.52. The fourth-order valence-corrected chi connectivity index (χ4v) is 6.04. The van der Waals surface area contributed by atoms with Gasteiger partial charge in [-0.3, -0.25) is 9.69 Å². The highest BCUT2D eigenvalue weighted by Crippen LogP contribution is 2.46. The van der Waals surface area contributed by atoms with Crippen LogP contribution < -0.4 is 9.47 Å². The molecule has 2 N–H and O–H groups in total. The lowest BCUT2D eigenvalue weighted by molar-refractivity contribution is -0.145. The standard InChI is InChI=1S/C31H33FN2O5/c1-17(31(36)37)30(35)20-4-3-18-6-8-27(39-28(18)11-20)19-5-7-24(25-12-29(38-2)33-13-26(25)32)23(9-19)16-34-14-21-10-22(21)15-34/h3-5,7,9,11-13,17,21-22,27,30,35H,6,8,10,14-16H2,1-2H3,(H,36,37)/t17-,21?,22?,27-,30+/m0/s1. The number of carboxylic acids is 1. The van der Waals surface area contributed by atoms with Gasteiger partial charge in [0.15, 0.2) is 0 Å². The number of carbonyl (C=O) groups is 1. The van der Waals surface area contributed by atoms with Gasteiger partial charge < -0.3 is 19.7 Å². The lowest BCUT2D eigenvalue weighted by Gasteiger charge is -2.29. The minimum atomic E-state index is -1.12. The Morgan fingerprint density at radius 1 is 1.18 bits per heavy atom. The summed E-state index contributed by atoms with van der Waals surface area (Å²) in [5, 5.41) is 19.9. The van der Waals surface area contributed by atoms with Crippen LogP contribution in [0.25, 0.3) is 11.1 Å². The molecule has 2 fully saturated rings. The van der Waals surface area contributed by atoms with Gasteiger partial charge in [0.05, 0.1) is 25.3 Å². The first-order chi connectivity index (χ1) is 18.8. The molecule has 2 aromatic carbocycles. The number of ether oxygens (including phenoxy) is 2. The summed E-state index contributed by atoms with van der Waals surface area (Å²) in [6.07, 6.45) is 2.77. The van der Waals surface area contributed by atoms with E-state index in [0.717, 1.165) is 66.6 Å². The van der Waals surface area contributed by atoms with E-state index < -0.39 is 23.8 Å². The van der Waals surface area contributed by atoms with Crippen molar-refractivity contribution in [2.75, 3.05) is 20.2 Å². The Hall–Kier alpha value is -3.49. The average molecular weight is 533 g/mol. The third kappa shape index (κ3) is 5.11. The molecule has 6 rings (SSSR count). The van der Waals surface area contributed by atoms with Crippen molar-refractivity contribution in [3.8, 4) is 22.8 Å². The van der Waals surface area contributed by atoms with Crippen molar-refractivity contribution < 1.29 is 28.9 Å². The molecular weight excluding hydrogens is 499 g/mol. The molecule has 7 nitrogen and oxygen atoms in total. The maximum absolute atomic E-state index is 15.0. The number of pyridine rings is 1. The number of aliphatic hydroxyl groups is 1. The van der Waals surface area contributed by atoms with Gasteiger partial charge in [-0.05, 0) is 71.9 Å². The number of rotatable bonds is 8. The largest absolute Gasteiger partial charge is 0.485 e. The fraction of sp³-hybridized carbons (Fsp3) is 0.419. The number of aromatic nitrogens is 1. The van der Waals surface area contributed by atoms with E-state index in [1.165, 1.54) is 26.7 Å². The van der Waals surface area contributed by atoms with Gasteiger partial charge in [0.25, 0.3) is 0 Å². The highest BCUT2D eigenvalue weighted by molar-refractivity contribution is 5.71. The second kappa shape index (κ2) is 10.2. The first-order valence-electron chi connectivity index (χ1n) is 13.6. The lowest BCUT2D eigenvalue weighted by atomic mass is 9.91. The Balaban J connectivity index is 1.31. The number of aliphatic carboxylic acids is 1. The number of aryl methyl sites for hydroxylation is 1.